The molecule has 0 radical (unpaired) electrons. The number of carbonyl (C=O) groups excluding carboxylic acids is 2. The van der Waals surface area contributed by atoms with Gasteiger partial charge in [0.05, 0.1) is 19.0 Å². The normalized spacial score (nSPS) is 11.2. The van der Waals surface area contributed by atoms with Crippen LogP contribution in [0, 0.1) is 6.92 Å². The summed E-state index contributed by atoms with van der Waals surface area (Å²) in [7, 11) is -3.71. The van der Waals surface area contributed by atoms with Crippen molar-refractivity contribution in [2.75, 3.05) is 23.7 Å². The Bertz CT molecular complexity index is 691. The Morgan fingerprint density at radius 2 is 1.58 bits per heavy atom. The lowest BCUT2D eigenvalue weighted by Crippen LogP contribution is -2.19. The molecule has 0 aliphatic heterocycles. The Morgan fingerprint density at radius 3 is 2.08 bits per heavy atom. The maximum atomic E-state index is 12.2. The average molecular weight is 361 g/mol. The Hall–Kier alpha value is -2.03. The van der Waals surface area contributed by atoms with E-state index in [4.69, 9.17) is 13.9 Å². The van der Waals surface area contributed by atoms with Gasteiger partial charge in [-0.25, -0.2) is 18.0 Å². The van der Waals surface area contributed by atoms with E-state index in [1.54, 1.807) is 13.8 Å². The van der Waals surface area contributed by atoms with E-state index in [0.717, 1.165) is 0 Å². The van der Waals surface area contributed by atoms with Crippen LogP contribution in [-0.2, 0) is 19.5 Å². The summed E-state index contributed by atoms with van der Waals surface area (Å²) in [6.45, 7) is 6.68. The largest absolute Gasteiger partial charge is 0.462 e. The highest BCUT2D eigenvalue weighted by atomic mass is 32.2. The van der Waals surface area contributed by atoms with Crippen molar-refractivity contribution in [1.82, 2.24) is 0 Å². The lowest BCUT2D eigenvalue weighted by molar-refractivity contribution is 0.0480. The summed E-state index contributed by atoms with van der Waals surface area (Å²) >= 11 is 0. The molecule has 1 N–H and O–H groups in total. The Labute approximate surface area is 141 Å². The van der Waals surface area contributed by atoms with E-state index in [2.05, 4.69) is 4.72 Å². The fraction of sp³-hybridized carbons (Fsp3) is 0.600. The van der Waals surface area contributed by atoms with Crippen molar-refractivity contribution in [2.24, 2.45) is 0 Å². The highest BCUT2D eigenvalue weighted by Gasteiger charge is 2.32. The van der Waals surface area contributed by atoms with Crippen LogP contribution < -0.4 is 4.72 Å². The molecule has 0 atom stereocenters. The molecule has 1 rings (SSSR count). The molecule has 9 heteroatoms. The third-order valence-corrected chi connectivity index (χ3v) is 4.38. The van der Waals surface area contributed by atoms with Crippen molar-refractivity contribution >= 4 is 27.8 Å². The van der Waals surface area contributed by atoms with Gasteiger partial charge in [-0.15, -0.1) is 0 Å². The van der Waals surface area contributed by atoms with Gasteiger partial charge in [0.2, 0.25) is 15.9 Å². The van der Waals surface area contributed by atoms with Gasteiger partial charge in [-0.2, -0.15) is 0 Å². The lowest BCUT2D eigenvalue weighted by atomic mass is 10.1. The first-order valence-corrected chi connectivity index (χ1v) is 9.40. The molecule has 0 amide bonds. The zero-order valence-corrected chi connectivity index (χ0v) is 15.1. The molecule has 1 aromatic rings. The van der Waals surface area contributed by atoms with Crippen LogP contribution in [0.5, 0.6) is 0 Å². The first-order valence-electron chi connectivity index (χ1n) is 7.75. The summed E-state index contributed by atoms with van der Waals surface area (Å²) in [6.07, 6.45) is 1.14. The molecular weight excluding hydrogens is 338 g/mol. The Kier molecular flexibility index (Phi) is 7.27. The molecule has 24 heavy (non-hydrogen) atoms. The first kappa shape index (κ1) is 20.0. The van der Waals surface area contributed by atoms with Crippen molar-refractivity contribution in [3.05, 3.63) is 16.9 Å². The van der Waals surface area contributed by atoms with Gasteiger partial charge < -0.3 is 13.9 Å². The molecule has 0 saturated heterocycles. The third kappa shape index (κ3) is 4.98. The second-order valence-electron chi connectivity index (χ2n) is 4.95. The van der Waals surface area contributed by atoms with Crippen molar-refractivity contribution in [3.63, 3.8) is 0 Å². The minimum atomic E-state index is -3.71. The molecule has 0 spiro atoms. The number of nitrogens with one attached hydrogen (secondary N) is 1. The number of hydrogen-bond donors (Lipinski definition) is 1. The molecule has 0 fully saturated rings. The molecule has 0 bridgehead atoms. The highest BCUT2D eigenvalue weighted by Crippen LogP contribution is 2.29. The van der Waals surface area contributed by atoms with E-state index in [9.17, 15) is 18.0 Å². The van der Waals surface area contributed by atoms with Gasteiger partial charge in [-0.1, -0.05) is 13.3 Å². The fourth-order valence-corrected chi connectivity index (χ4v) is 3.19. The van der Waals surface area contributed by atoms with Crippen LogP contribution in [-0.4, -0.2) is 39.3 Å². The zero-order valence-electron chi connectivity index (χ0n) is 14.3. The second kappa shape index (κ2) is 8.72. The van der Waals surface area contributed by atoms with Crippen LogP contribution in [0.3, 0.4) is 0 Å². The number of rotatable bonds is 9. The smallest absolute Gasteiger partial charge is 0.344 e. The molecule has 0 aromatic carbocycles. The minimum absolute atomic E-state index is 0.0628. The molecule has 1 heterocycles. The predicted octanol–water partition coefficient (Wildman–Crippen LogP) is 2.48. The maximum absolute atomic E-state index is 12.2. The summed E-state index contributed by atoms with van der Waals surface area (Å²) in [5, 5.41) is 0. The van der Waals surface area contributed by atoms with Crippen molar-refractivity contribution in [3.8, 4) is 0 Å². The highest BCUT2D eigenvalue weighted by molar-refractivity contribution is 7.92. The van der Waals surface area contributed by atoms with E-state index >= 15 is 0 Å². The number of carbonyl (C=O) groups is 2. The molecule has 8 nitrogen and oxygen atoms in total. The maximum Gasteiger partial charge on any atom is 0.344 e. The van der Waals surface area contributed by atoms with E-state index in [-0.39, 0.29) is 41.7 Å². The SMILES string of the molecule is CCCCS(=O)(=O)Nc1oc(C)c(C(=O)OCC)c1C(=O)OCC. The number of esters is 2. The fourth-order valence-electron chi connectivity index (χ4n) is 1.99. The Balaban J connectivity index is 3.32. The molecule has 0 saturated carbocycles. The number of furan rings is 1. The van der Waals surface area contributed by atoms with E-state index in [1.165, 1.54) is 6.92 Å². The summed E-state index contributed by atoms with van der Waals surface area (Å²) in [6, 6.07) is 0. The van der Waals surface area contributed by atoms with Gasteiger partial charge in [0.1, 0.15) is 16.9 Å². The Morgan fingerprint density at radius 1 is 1.04 bits per heavy atom. The quantitative estimate of drug-likeness (QED) is 0.672. The molecule has 1 aromatic heterocycles. The molecule has 0 aliphatic carbocycles. The number of hydrogen-bond acceptors (Lipinski definition) is 7. The van der Waals surface area contributed by atoms with Crippen LogP contribution in [0.4, 0.5) is 5.88 Å². The molecule has 0 aliphatic rings. The summed E-state index contributed by atoms with van der Waals surface area (Å²) in [5.74, 6) is -2.01. The van der Waals surface area contributed by atoms with Crippen LogP contribution in [0.1, 0.15) is 60.1 Å². The molecular formula is C15H23NO7S. The van der Waals surface area contributed by atoms with Crippen molar-refractivity contribution in [1.29, 1.82) is 0 Å². The van der Waals surface area contributed by atoms with Crippen LogP contribution >= 0.6 is 0 Å². The second-order valence-corrected chi connectivity index (χ2v) is 6.79. The van der Waals surface area contributed by atoms with Crippen molar-refractivity contribution < 1.29 is 31.9 Å². The van der Waals surface area contributed by atoms with Crippen LogP contribution in [0.25, 0.3) is 0 Å². The number of unbranched alkanes of at least 4 members (excludes halogenated alkanes) is 1. The minimum Gasteiger partial charge on any atom is -0.462 e. The van der Waals surface area contributed by atoms with E-state index < -0.39 is 22.0 Å². The van der Waals surface area contributed by atoms with E-state index in [1.807, 2.05) is 6.92 Å². The van der Waals surface area contributed by atoms with Gasteiger partial charge in [-0.3, -0.25) is 4.72 Å². The number of sulfonamides is 1. The molecule has 136 valence electrons. The van der Waals surface area contributed by atoms with Gasteiger partial charge in [0.15, 0.2) is 0 Å². The van der Waals surface area contributed by atoms with Gasteiger partial charge in [-0.05, 0) is 27.2 Å². The summed E-state index contributed by atoms with van der Waals surface area (Å²) < 4.78 is 41.5. The summed E-state index contributed by atoms with van der Waals surface area (Å²) in [5.41, 5.74) is -0.406. The van der Waals surface area contributed by atoms with Crippen LogP contribution in [0.2, 0.25) is 0 Å². The van der Waals surface area contributed by atoms with Gasteiger partial charge in [0, 0.05) is 0 Å². The summed E-state index contributed by atoms with van der Waals surface area (Å²) in [4.78, 5) is 24.3. The van der Waals surface area contributed by atoms with Gasteiger partial charge >= 0.3 is 11.9 Å². The van der Waals surface area contributed by atoms with Gasteiger partial charge in [0.25, 0.3) is 0 Å². The zero-order chi connectivity index (χ0) is 18.3. The van der Waals surface area contributed by atoms with E-state index in [0.29, 0.717) is 12.8 Å². The first-order chi connectivity index (χ1) is 11.3. The topological polar surface area (TPSA) is 112 Å². The van der Waals surface area contributed by atoms with Crippen molar-refractivity contribution in [2.45, 2.75) is 40.5 Å². The number of aryl methyl sites for hydroxylation is 1. The predicted molar refractivity (Wildman–Crippen MR) is 87.7 cm³/mol. The van der Waals surface area contributed by atoms with Crippen LogP contribution in [0.15, 0.2) is 4.42 Å². The average Bonchev–Trinajstić information content (AvgIpc) is 2.81. The standard InChI is InChI=1S/C15H23NO7S/c1-5-8-9-24(19,20)16-13-12(15(18)22-7-3)11(10(4)23-13)14(17)21-6-2/h16H,5-9H2,1-4H3. The number of anilines is 1. The molecule has 0 unspecified atom stereocenters. The third-order valence-electron chi connectivity index (χ3n) is 3.06. The monoisotopic (exact) mass is 361 g/mol. The lowest BCUT2D eigenvalue weighted by Gasteiger charge is -2.08. The number of ether oxygens (including phenoxy) is 2.